The lowest BCUT2D eigenvalue weighted by molar-refractivity contribution is 0.538. The standard InChI is InChI=1S/C11H21N5/c1-7(2)5-9(4)14-10-8(3)6-13-11(15-10)16-12/h6-7,9H,5,12H2,1-4H3,(H2,13,14,15,16). The van der Waals surface area contributed by atoms with Gasteiger partial charge >= 0.3 is 0 Å². The summed E-state index contributed by atoms with van der Waals surface area (Å²) in [6, 6.07) is 0.388. The van der Waals surface area contributed by atoms with Crippen molar-refractivity contribution in [3.63, 3.8) is 0 Å². The smallest absolute Gasteiger partial charge is 0.239 e. The Balaban J connectivity index is 2.71. The molecule has 0 spiro atoms. The maximum Gasteiger partial charge on any atom is 0.239 e. The van der Waals surface area contributed by atoms with Crippen molar-refractivity contribution in [3.05, 3.63) is 11.8 Å². The largest absolute Gasteiger partial charge is 0.367 e. The first-order chi connectivity index (χ1) is 7.52. The molecule has 0 fully saturated rings. The molecule has 0 radical (unpaired) electrons. The summed E-state index contributed by atoms with van der Waals surface area (Å²) < 4.78 is 0. The predicted octanol–water partition coefficient (Wildman–Crippen LogP) is 1.92. The highest BCUT2D eigenvalue weighted by atomic mass is 15.3. The molecule has 0 amide bonds. The third-order valence-electron chi connectivity index (χ3n) is 2.31. The minimum absolute atomic E-state index is 0.388. The van der Waals surface area contributed by atoms with Crippen LogP contribution >= 0.6 is 0 Å². The van der Waals surface area contributed by atoms with Gasteiger partial charge in [0.05, 0.1) is 0 Å². The summed E-state index contributed by atoms with van der Waals surface area (Å²) in [5, 5.41) is 3.37. The second-order valence-electron chi connectivity index (χ2n) is 4.54. The summed E-state index contributed by atoms with van der Waals surface area (Å²) in [6.07, 6.45) is 2.86. The minimum atomic E-state index is 0.388. The van der Waals surface area contributed by atoms with Gasteiger partial charge in [0.15, 0.2) is 0 Å². The molecule has 90 valence electrons. The fraction of sp³-hybridized carbons (Fsp3) is 0.636. The van der Waals surface area contributed by atoms with E-state index in [1.807, 2.05) is 6.92 Å². The van der Waals surface area contributed by atoms with Crippen molar-refractivity contribution in [1.29, 1.82) is 0 Å². The number of aromatic nitrogens is 2. The van der Waals surface area contributed by atoms with Crippen LogP contribution < -0.4 is 16.6 Å². The third kappa shape index (κ3) is 3.66. The van der Waals surface area contributed by atoms with Crippen LogP contribution in [0.5, 0.6) is 0 Å². The summed E-state index contributed by atoms with van der Waals surface area (Å²) in [4.78, 5) is 8.32. The molecule has 1 aromatic heterocycles. The highest BCUT2D eigenvalue weighted by molar-refractivity contribution is 5.46. The van der Waals surface area contributed by atoms with Gasteiger partial charge < -0.3 is 5.32 Å². The minimum Gasteiger partial charge on any atom is -0.367 e. The second-order valence-corrected chi connectivity index (χ2v) is 4.54. The fourth-order valence-electron chi connectivity index (χ4n) is 1.66. The van der Waals surface area contributed by atoms with Crippen LogP contribution in [0.25, 0.3) is 0 Å². The average molecular weight is 223 g/mol. The lowest BCUT2D eigenvalue weighted by Crippen LogP contribution is -2.20. The quantitative estimate of drug-likeness (QED) is 0.525. The van der Waals surface area contributed by atoms with Gasteiger partial charge in [-0.15, -0.1) is 0 Å². The molecule has 0 bridgehead atoms. The fourth-order valence-corrected chi connectivity index (χ4v) is 1.66. The summed E-state index contributed by atoms with van der Waals surface area (Å²) in [6.45, 7) is 8.54. The van der Waals surface area contributed by atoms with E-state index in [2.05, 4.69) is 41.5 Å². The molecule has 1 unspecified atom stereocenters. The summed E-state index contributed by atoms with van der Waals surface area (Å²) >= 11 is 0. The van der Waals surface area contributed by atoms with Crippen molar-refractivity contribution in [2.45, 2.75) is 40.2 Å². The first-order valence-corrected chi connectivity index (χ1v) is 5.59. The van der Waals surface area contributed by atoms with Gasteiger partial charge in [-0.2, -0.15) is 4.98 Å². The van der Waals surface area contributed by atoms with Crippen molar-refractivity contribution in [3.8, 4) is 0 Å². The van der Waals surface area contributed by atoms with Crippen molar-refractivity contribution >= 4 is 11.8 Å². The van der Waals surface area contributed by atoms with Gasteiger partial charge in [0, 0.05) is 17.8 Å². The zero-order chi connectivity index (χ0) is 12.1. The van der Waals surface area contributed by atoms with E-state index >= 15 is 0 Å². The lowest BCUT2D eigenvalue weighted by Gasteiger charge is -2.18. The number of aryl methyl sites for hydroxylation is 1. The summed E-state index contributed by atoms with van der Waals surface area (Å²) in [7, 11) is 0. The number of hydrogen-bond acceptors (Lipinski definition) is 5. The maximum atomic E-state index is 5.28. The van der Waals surface area contributed by atoms with Gasteiger partial charge in [-0.25, -0.2) is 10.8 Å². The molecule has 1 heterocycles. The van der Waals surface area contributed by atoms with Crippen molar-refractivity contribution in [1.82, 2.24) is 9.97 Å². The number of nitrogens with zero attached hydrogens (tertiary/aromatic N) is 2. The van der Waals surface area contributed by atoms with E-state index in [9.17, 15) is 0 Å². The highest BCUT2D eigenvalue weighted by Gasteiger charge is 2.08. The molecule has 0 aliphatic heterocycles. The number of anilines is 2. The van der Waals surface area contributed by atoms with Crippen molar-refractivity contribution in [2.75, 3.05) is 10.7 Å². The Hall–Kier alpha value is -1.36. The van der Waals surface area contributed by atoms with E-state index in [1.165, 1.54) is 0 Å². The molecule has 5 heteroatoms. The van der Waals surface area contributed by atoms with Crippen molar-refractivity contribution < 1.29 is 0 Å². The van der Waals surface area contributed by atoms with Gasteiger partial charge in [0.1, 0.15) is 5.82 Å². The van der Waals surface area contributed by atoms with Crippen LogP contribution in [0.4, 0.5) is 11.8 Å². The molecule has 16 heavy (non-hydrogen) atoms. The Kier molecular flexibility index (Phi) is 4.49. The van der Waals surface area contributed by atoms with Crippen LogP contribution in [-0.4, -0.2) is 16.0 Å². The zero-order valence-electron chi connectivity index (χ0n) is 10.4. The number of nitrogens with one attached hydrogen (secondary N) is 2. The summed E-state index contributed by atoms with van der Waals surface area (Å²) in [5.74, 6) is 7.22. The second kappa shape index (κ2) is 5.65. The van der Waals surface area contributed by atoms with Crippen LogP contribution in [0.2, 0.25) is 0 Å². The molecule has 5 nitrogen and oxygen atoms in total. The Morgan fingerprint density at radius 1 is 1.38 bits per heavy atom. The van der Waals surface area contributed by atoms with Gasteiger partial charge in [0.25, 0.3) is 0 Å². The van der Waals surface area contributed by atoms with E-state index in [0.29, 0.717) is 17.9 Å². The molecule has 0 saturated carbocycles. The molecule has 1 rings (SSSR count). The SMILES string of the molecule is Cc1cnc(NN)nc1NC(C)CC(C)C. The number of nitrogen functional groups attached to an aromatic ring is 1. The van der Waals surface area contributed by atoms with E-state index in [0.717, 1.165) is 17.8 Å². The van der Waals surface area contributed by atoms with Gasteiger partial charge in [-0.3, -0.25) is 5.43 Å². The first-order valence-electron chi connectivity index (χ1n) is 5.59. The molecule has 0 aliphatic rings. The van der Waals surface area contributed by atoms with Crippen molar-refractivity contribution in [2.24, 2.45) is 11.8 Å². The average Bonchev–Trinajstić information content (AvgIpc) is 2.20. The highest BCUT2D eigenvalue weighted by Crippen LogP contribution is 2.15. The Bertz CT molecular complexity index is 337. The molecule has 0 saturated heterocycles. The predicted molar refractivity (Wildman–Crippen MR) is 67.1 cm³/mol. The van der Waals surface area contributed by atoms with Crippen LogP contribution in [-0.2, 0) is 0 Å². The summed E-state index contributed by atoms with van der Waals surface area (Å²) in [5.41, 5.74) is 3.47. The Morgan fingerprint density at radius 3 is 2.62 bits per heavy atom. The van der Waals surface area contributed by atoms with Crippen LogP contribution in [0.15, 0.2) is 6.20 Å². The van der Waals surface area contributed by atoms with E-state index in [1.54, 1.807) is 6.20 Å². The lowest BCUT2D eigenvalue weighted by atomic mass is 10.1. The number of hydrazine groups is 1. The van der Waals surface area contributed by atoms with Crippen LogP contribution in [0.1, 0.15) is 32.8 Å². The molecular weight excluding hydrogens is 202 g/mol. The van der Waals surface area contributed by atoms with Crippen LogP contribution in [0.3, 0.4) is 0 Å². The maximum absolute atomic E-state index is 5.28. The number of hydrogen-bond donors (Lipinski definition) is 3. The van der Waals surface area contributed by atoms with E-state index in [4.69, 9.17) is 5.84 Å². The van der Waals surface area contributed by atoms with Gasteiger partial charge in [-0.05, 0) is 26.2 Å². The number of nitrogens with two attached hydrogens (primary N) is 1. The molecular formula is C11H21N5. The van der Waals surface area contributed by atoms with Gasteiger partial charge in [0.2, 0.25) is 5.95 Å². The molecule has 1 aromatic rings. The molecule has 4 N–H and O–H groups in total. The normalized spacial score (nSPS) is 12.6. The topological polar surface area (TPSA) is 75.9 Å². The molecule has 1 atom stereocenters. The molecule has 0 aliphatic carbocycles. The monoisotopic (exact) mass is 223 g/mol. The Morgan fingerprint density at radius 2 is 2.06 bits per heavy atom. The Labute approximate surface area is 96.8 Å². The zero-order valence-corrected chi connectivity index (χ0v) is 10.4. The van der Waals surface area contributed by atoms with E-state index < -0.39 is 0 Å². The third-order valence-corrected chi connectivity index (χ3v) is 2.31. The molecule has 0 aromatic carbocycles. The van der Waals surface area contributed by atoms with Crippen LogP contribution in [0, 0.1) is 12.8 Å². The van der Waals surface area contributed by atoms with E-state index in [-0.39, 0.29) is 0 Å². The first kappa shape index (κ1) is 12.7. The van der Waals surface area contributed by atoms with Gasteiger partial charge in [-0.1, -0.05) is 13.8 Å². The number of rotatable bonds is 5.